The van der Waals surface area contributed by atoms with Gasteiger partial charge in [-0.25, -0.2) is 4.98 Å². The minimum Gasteiger partial charge on any atom is -0.368 e. The first-order chi connectivity index (χ1) is 8.08. The predicted molar refractivity (Wildman–Crippen MR) is 82.9 cm³/mol. The van der Waals surface area contributed by atoms with Crippen molar-refractivity contribution in [2.45, 2.75) is 31.4 Å². The minimum absolute atomic E-state index is 0.0918. The maximum atomic E-state index is 11.4. The van der Waals surface area contributed by atoms with Crippen LogP contribution in [0.2, 0.25) is 0 Å². The lowest BCUT2D eigenvalue weighted by Crippen LogP contribution is -2.33. The lowest BCUT2D eigenvalue weighted by Gasteiger charge is -2.30. The van der Waals surface area contributed by atoms with Gasteiger partial charge in [0.2, 0.25) is 0 Å². The van der Waals surface area contributed by atoms with Crippen molar-refractivity contribution in [1.82, 2.24) is 9.97 Å². The van der Waals surface area contributed by atoms with E-state index in [1.54, 1.807) is 0 Å². The SMILES string of the molecule is CCC(CC)(CNc1nc[nH]c(=O)c1I)SC. The molecule has 0 aliphatic heterocycles. The number of aromatic nitrogens is 2. The Bertz CT molecular complexity index is 409. The molecule has 1 aromatic heterocycles. The second kappa shape index (κ2) is 6.63. The van der Waals surface area contributed by atoms with E-state index in [-0.39, 0.29) is 10.3 Å². The van der Waals surface area contributed by atoms with E-state index in [1.807, 2.05) is 34.4 Å². The second-order valence-corrected chi connectivity index (χ2v) is 6.20. The number of aromatic amines is 1. The average Bonchev–Trinajstić information content (AvgIpc) is 2.36. The summed E-state index contributed by atoms with van der Waals surface area (Å²) in [4.78, 5) is 18.1. The summed E-state index contributed by atoms with van der Waals surface area (Å²) in [6.07, 6.45) is 5.76. The van der Waals surface area contributed by atoms with Gasteiger partial charge in [0.25, 0.3) is 5.56 Å². The molecule has 0 aliphatic carbocycles. The van der Waals surface area contributed by atoms with E-state index in [9.17, 15) is 4.79 Å². The predicted octanol–water partition coefficient (Wildman–Crippen LogP) is 2.71. The van der Waals surface area contributed by atoms with Crippen LogP contribution in [0, 0.1) is 3.57 Å². The van der Waals surface area contributed by atoms with Crippen LogP contribution in [-0.2, 0) is 0 Å². The molecular weight excluding hydrogens is 349 g/mol. The molecule has 96 valence electrons. The van der Waals surface area contributed by atoms with Gasteiger partial charge in [-0.1, -0.05) is 13.8 Å². The number of hydrogen-bond donors (Lipinski definition) is 2. The largest absolute Gasteiger partial charge is 0.368 e. The van der Waals surface area contributed by atoms with E-state index < -0.39 is 0 Å². The summed E-state index contributed by atoms with van der Waals surface area (Å²) >= 11 is 3.89. The van der Waals surface area contributed by atoms with Crippen molar-refractivity contribution in [2.75, 3.05) is 18.1 Å². The summed E-state index contributed by atoms with van der Waals surface area (Å²) in [6.45, 7) is 5.21. The molecule has 0 spiro atoms. The molecule has 4 nitrogen and oxygen atoms in total. The third-order valence-corrected chi connectivity index (χ3v) is 5.68. The van der Waals surface area contributed by atoms with Crippen LogP contribution in [0.4, 0.5) is 5.82 Å². The molecule has 0 saturated carbocycles. The molecule has 0 bridgehead atoms. The Hall–Kier alpha value is -0.240. The topological polar surface area (TPSA) is 57.8 Å². The number of nitrogens with zero attached hydrogens (tertiary/aromatic N) is 1. The first kappa shape index (κ1) is 14.8. The number of thioether (sulfide) groups is 1. The highest BCUT2D eigenvalue weighted by atomic mass is 127. The minimum atomic E-state index is -0.0918. The van der Waals surface area contributed by atoms with E-state index >= 15 is 0 Å². The Kier molecular flexibility index (Phi) is 5.78. The summed E-state index contributed by atoms with van der Waals surface area (Å²) in [7, 11) is 0. The Morgan fingerprint density at radius 1 is 1.53 bits per heavy atom. The third kappa shape index (κ3) is 3.61. The monoisotopic (exact) mass is 367 g/mol. The van der Waals surface area contributed by atoms with Crippen molar-refractivity contribution < 1.29 is 0 Å². The van der Waals surface area contributed by atoms with Crippen molar-refractivity contribution in [3.05, 3.63) is 20.3 Å². The van der Waals surface area contributed by atoms with Crippen LogP contribution in [-0.4, -0.2) is 27.5 Å². The fourth-order valence-corrected chi connectivity index (χ4v) is 2.89. The summed E-state index contributed by atoms with van der Waals surface area (Å²) in [6, 6.07) is 0. The van der Waals surface area contributed by atoms with Crippen molar-refractivity contribution >= 4 is 40.2 Å². The summed E-state index contributed by atoms with van der Waals surface area (Å²) in [5.74, 6) is 0.676. The van der Waals surface area contributed by atoms with E-state index in [0.717, 1.165) is 19.4 Å². The van der Waals surface area contributed by atoms with Gasteiger partial charge < -0.3 is 10.3 Å². The van der Waals surface area contributed by atoms with Gasteiger partial charge in [0, 0.05) is 11.3 Å². The van der Waals surface area contributed by atoms with E-state index in [0.29, 0.717) is 9.39 Å². The molecule has 6 heteroatoms. The molecule has 0 fully saturated rings. The van der Waals surface area contributed by atoms with Gasteiger partial charge >= 0.3 is 0 Å². The number of nitrogens with one attached hydrogen (secondary N) is 2. The van der Waals surface area contributed by atoms with Crippen molar-refractivity contribution in [2.24, 2.45) is 0 Å². The summed E-state index contributed by atoms with van der Waals surface area (Å²) in [5.41, 5.74) is -0.0918. The Morgan fingerprint density at radius 3 is 2.71 bits per heavy atom. The molecule has 0 amide bonds. The standard InChI is InChI=1S/C11H18IN3OS/c1-4-11(5-2,17-3)6-13-9-8(12)10(16)15-7-14-9/h7H,4-6H2,1-3H3,(H2,13,14,15,16). The Morgan fingerprint density at radius 2 is 2.18 bits per heavy atom. The molecule has 2 N–H and O–H groups in total. The maximum absolute atomic E-state index is 11.4. The van der Waals surface area contributed by atoms with Gasteiger partial charge in [-0.15, -0.1) is 0 Å². The number of rotatable bonds is 6. The molecule has 1 heterocycles. The quantitative estimate of drug-likeness (QED) is 0.760. The molecule has 0 radical (unpaired) electrons. The summed E-state index contributed by atoms with van der Waals surface area (Å²) in [5, 5.41) is 3.29. The van der Waals surface area contributed by atoms with Gasteiger partial charge in [0.05, 0.1) is 6.33 Å². The van der Waals surface area contributed by atoms with Crippen LogP contribution in [0.25, 0.3) is 0 Å². The zero-order valence-corrected chi connectivity index (χ0v) is 13.3. The van der Waals surface area contributed by atoms with Gasteiger partial charge in [0.1, 0.15) is 9.39 Å². The van der Waals surface area contributed by atoms with Crippen LogP contribution in [0.5, 0.6) is 0 Å². The highest BCUT2D eigenvalue weighted by Crippen LogP contribution is 2.30. The highest BCUT2D eigenvalue weighted by Gasteiger charge is 2.25. The number of hydrogen-bond acceptors (Lipinski definition) is 4. The molecule has 0 aromatic carbocycles. The van der Waals surface area contributed by atoms with Gasteiger partial charge in [-0.05, 0) is 41.7 Å². The van der Waals surface area contributed by atoms with Crippen LogP contribution >= 0.6 is 34.4 Å². The molecule has 0 atom stereocenters. The van der Waals surface area contributed by atoms with Gasteiger partial charge in [-0.3, -0.25) is 4.79 Å². The zero-order valence-electron chi connectivity index (χ0n) is 10.3. The van der Waals surface area contributed by atoms with Crippen LogP contribution in [0.3, 0.4) is 0 Å². The van der Waals surface area contributed by atoms with Crippen molar-refractivity contribution in [3.8, 4) is 0 Å². The van der Waals surface area contributed by atoms with Gasteiger partial charge in [-0.2, -0.15) is 11.8 Å². The average molecular weight is 367 g/mol. The first-order valence-electron chi connectivity index (χ1n) is 5.60. The van der Waals surface area contributed by atoms with E-state index in [4.69, 9.17) is 0 Å². The number of anilines is 1. The lowest BCUT2D eigenvalue weighted by molar-refractivity contribution is 0.573. The molecule has 1 aromatic rings. The van der Waals surface area contributed by atoms with Crippen LogP contribution < -0.4 is 10.9 Å². The van der Waals surface area contributed by atoms with Crippen molar-refractivity contribution in [1.29, 1.82) is 0 Å². The van der Waals surface area contributed by atoms with Crippen LogP contribution in [0.1, 0.15) is 26.7 Å². The molecule has 0 aliphatic rings. The first-order valence-corrected chi connectivity index (χ1v) is 7.91. The zero-order chi connectivity index (χ0) is 12.9. The number of H-pyrrole nitrogens is 1. The fraction of sp³-hybridized carbons (Fsp3) is 0.636. The summed E-state index contributed by atoms with van der Waals surface area (Å²) < 4.78 is 0.834. The molecule has 0 unspecified atom stereocenters. The van der Waals surface area contributed by atoms with Crippen molar-refractivity contribution in [3.63, 3.8) is 0 Å². The van der Waals surface area contributed by atoms with E-state index in [2.05, 4.69) is 35.4 Å². The Balaban J connectivity index is 2.79. The Labute approximate surface area is 120 Å². The normalized spacial score (nSPS) is 11.5. The molecular formula is C11H18IN3OS. The lowest BCUT2D eigenvalue weighted by atomic mass is 10.0. The third-order valence-electron chi connectivity index (χ3n) is 3.10. The molecule has 1 rings (SSSR count). The second-order valence-electron chi connectivity index (χ2n) is 3.84. The van der Waals surface area contributed by atoms with Gasteiger partial charge in [0.15, 0.2) is 0 Å². The van der Waals surface area contributed by atoms with Crippen LogP contribution in [0.15, 0.2) is 11.1 Å². The smallest absolute Gasteiger partial charge is 0.266 e. The molecule has 0 saturated heterocycles. The van der Waals surface area contributed by atoms with E-state index in [1.165, 1.54) is 6.33 Å². The maximum Gasteiger partial charge on any atom is 0.266 e. The number of halogens is 1. The fourth-order valence-electron chi connectivity index (χ4n) is 1.61. The molecule has 17 heavy (non-hydrogen) atoms. The highest BCUT2D eigenvalue weighted by molar-refractivity contribution is 14.1.